The molecule has 1 aromatic carbocycles. The fourth-order valence-electron chi connectivity index (χ4n) is 1.35. The predicted molar refractivity (Wildman–Crippen MR) is 78.3 cm³/mol. The van der Waals surface area contributed by atoms with Crippen molar-refractivity contribution in [2.75, 3.05) is 4.72 Å². The Bertz CT molecular complexity index is 769. The van der Waals surface area contributed by atoms with E-state index >= 15 is 0 Å². The summed E-state index contributed by atoms with van der Waals surface area (Å²) in [6.07, 6.45) is 0. The highest BCUT2D eigenvalue weighted by Gasteiger charge is 2.21. The van der Waals surface area contributed by atoms with Crippen LogP contribution in [0.4, 0.5) is 5.69 Å². The van der Waals surface area contributed by atoms with E-state index in [1.54, 1.807) is 18.2 Å². The first-order valence-electron chi connectivity index (χ1n) is 5.10. The highest BCUT2D eigenvalue weighted by atomic mass is 79.9. The predicted octanol–water partition coefficient (Wildman–Crippen LogP) is 3.30. The van der Waals surface area contributed by atoms with Crippen molar-refractivity contribution in [1.82, 2.24) is 0 Å². The van der Waals surface area contributed by atoms with Gasteiger partial charge in [0, 0.05) is 8.95 Å². The number of hydrogen-bond donors (Lipinski definition) is 2. The molecule has 0 saturated heterocycles. The second-order valence-electron chi connectivity index (χ2n) is 3.65. The number of rotatable bonds is 4. The van der Waals surface area contributed by atoms with Crippen LogP contribution in [0.25, 0.3) is 0 Å². The Balaban J connectivity index is 2.33. The molecule has 0 amide bonds. The molecule has 2 rings (SSSR count). The smallest absolute Gasteiger partial charge is 0.371 e. The van der Waals surface area contributed by atoms with Gasteiger partial charge >= 0.3 is 5.97 Å². The van der Waals surface area contributed by atoms with Crippen molar-refractivity contribution in [3.8, 4) is 0 Å². The molecule has 0 bridgehead atoms. The lowest BCUT2D eigenvalue weighted by Crippen LogP contribution is -2.12. The lowest BCUT2D eigenvalue weighted by atomic mass is 10.3. The number of carbonyl (C=O) groups is 1. The van der Waals surface area contributed by atoms with E-state index in [4.69, 9.17) is 9.52 Å². The summed E-state index contributed by atoms with van der Waals surface area (Å²) in [5.74, 6) is -1.78. The Kier molecular flexibility index (Phi) is 4.21. The van der Waals surface area contributed by atoms with E-state index in [2.05, 4.69) is 36.6 Å². The number of aromatic carboxylic acids is 1. The van der Waals surface area contributed by atoms with Crippen LogP contribution in [0, 0.1) is 0 Å². The molecule has 106 valence electrons. The number of carboxylic acids is 1. The average molecular weight is 425 g/mol. The molecule has 0 aliphatic carbocycles. The van der Waals surface area contributed by atoms with Gasteiger partial charge in [0.25, 0.3) is 10.0 Å². The highest BCUT2D eigenvalue weighted by molar-refractivity contribution is 9.11. The second-order valence-corrected chi connectivity index (χ2v) is 7.04. The molecule has 20 heavy (non-hydrogen) atoms. The minimum Gasteiger partial charge on any atom is -0.475 e. The van der Waals surface area contributed by atoms with Crippen molar-refractivity contribution in [2.24, 2.45) is 0 Å². The second kappa shape index (κ2) is 5.58. The van der Waals surface area contributed by atoms with Crippen molar-refractivity contribution >= 4 is 53.5 Å². The Morgan fingerprint density at radius 2 is 1.90 bits per heavy atom. The van der Waals surface area contributed by atoms with Gasteiger partial charge < -0.3 is 9.52 Å². The first-order valence-corrected chi connectivity index (χ1v) is 8.17. The van der Waals surface area contributed by atoms with Gasteiger partial charge in [0.05, 0.1) is 5.69 Å². The van der Waals surface area contributed by atoms with E-state index < -0.39 is 26.8 Å². The molecule has 0 saturated carbocycles. The molecule has 0 aliphatic heterocycles. The molecule has 0 spiro atoms. The highest BCUT2D eigenvalue weighted by Crippen LogP contribution is 2.28. The fourth-order valence-corrected chi connectivity index (χ4v) is 3.64. The zero-order chi connectivity index (χ0) is 14.9. The zero-order valence-electron chi connectivity index (χ0n) is 9.63. The maximum Gasteiger partial charge on any atom is 0.371 e. The maximum atomic E-state index is 12.0. The van der Waals surface area contributed by atoms with Crippen LogP contribution in [0.3, 0.4) is 0 Å². The molecule has 0 unspecified atom stereocenters. The Hall–Kier alpha value is -1.32. The third-order valence-electron chi connectivity index (χ3n) is 2.23. The lowest BCUT2D eigenvalue weighted by Gasteiger charge is -2.07. The molecule has 0 radical (unpaired) electrons. The third kappa shape index (κ3) is 3.22. The number of hydrogen-bond acceptors (Lipinski definition) is 4. The minimum absolute atomic E-state index is 0.307. The van der Waals surface area contributed by atoms with E-state index in [9.17, 15) is 13.2 Å². The van der Waals surface area contributed by atoms with Crippen LogP contribution in [-0.4, -0.2) is 19.5 Å². The summed E-state index contributed by atoms with van der Waals surface area (Å²) >= 11 is 6.47. The largest absolute Gasteiger partial charge is 0.475 e. The van der Waals surface area contributed by atoms with Gasteiger partial charge in [-0.2, -0.15) is 8.42 Å². The number of nitrogens with one attached hydrogen (secondary N) is 1. The summed E-state index contributed by atoms with van der Waals surface area (Å²) < 4.78 is 32.5. The van der Waals surface area contributed by atoms with Gasteiger partial charge in [-0.1, -0.05) is 15.9 Å². The van der Waals surface area contributed by atoms with Gasteiger partial charge in [0.15, 0.2) is 0 Å². The van der Waals surface area contributed by atoms with Gasteiger partial charge in [0.1, 0.15) is 0 Å². The van der Waals surface area contributed by atoms with Crippen LogP contribution in [0.1, 0.15) is 10.6 Å². The Morgan fingerprint density at radius 3 is 2.45 bits per heavy atom. The number of halogens is 2. The maximum absolute atomic E-state index is 12.0. The molecular weight excluding hydrogens is 418 g/mol. The first-order chi connectivity index (χ1) is 9.29. The summed E-state index contributed by atoms with van der Waals surface area (Å²) in [4.78, 5) is 10.7. The summed E-state index contributed by atoms with van der Waals surface area (Å²) in [5, 5.41) is 8.24. The van der Waals surface area contributed by atoms with Gasteiger partial charge in [-0.05, 0) is 46.3 Å². The Morgan fingerprint density at radius 1 is 1.20 bits per heavy atom. The number of sulfonamides is 1. The Labute approximate surface area is 131 Å². The van der Waals surface area contributed by atoms with Gasteiger partial charge in [0.2, 0.25) is 10.9 Å². The van der Waals surface area contributed by atoms with E-state index in [-0.39, 0.29) is 0 Å². The third-order valence-corrected chi connectivity index (χ3v) is 4.62. The molecular formula is C11H7Br2NO5S. The zero-order valence-corrected chi connectivity index (χ0v) is 13.6. The summed E-state index contributed by atoms with van der Waals surface area (Å²) in [7, 11) is -3.99. The summed E-state index contributed by atoms with van der Waals surface area (Å²) in [6.45, 7) is 0. The summed E-state index contributed by atoms with van der Waals surface area (Å²) in [6, 6.07) is 7.04. The number of anilines is 1. The normalized spacial score (nSPS) is 11.3. The van der Waals surface area contributed by atoms with Crippen LogP contribution < -0.4 is 4.72 Å². The molecule has 2 N–H and O–H groups in total. The van der Waals surface area contributed by atoms with Gasteiger partial charge in [-0.3, -0.25) is 4.72 Å². The molecule has 0 fully saturated rings. The SMILES string of the molecule is O=C(O)c1ccc(S(=O)(=O)Nc2ccc(Br)cc2Br)o1. The van der Waals surface area contributed by atoms with Crippen molar-refractivity contribution in [2.45, 2.75) is 5.09 Å². The molecule has 1 heterocycles. The first kappa shape index (κ1) is 15.1. The van der Waals surface area contributed by atoms with E-state index in [1.165, 1.54) is 0 Å². The number of furan rings is 1. The topological polar surface area (TPSA) is 96.6 Å². The van der Waals surface area contributed by atoms with Crippen molar-refractivity contribution < 1.29 is 22.7 Å². The van der Waals surface area contributed by atoms with Crippen molar-refractivity contribution in [3.63, 3.8) is 0 Å². The molecule has 6 nitrogen and oxygen atoms in total. The lowest BCUT2D eigenvalue weighted by molar-refractivity contribution is 0.0656. The quantitative estimate of drug-likeness (QED) is 0.784. The molecule has 0 atom stereocenters. The average Bonchev–Trinajstić information content (AvgIpc) is 2.83. The molecule has 2 aromatic rings. The molecule has 9 heteroatoms. The van der Waals surface area contributed by atoms with E-state index in [0.29, 0.717) is 10.2 Å². The fraction of sp³-hybridized carbons (Fsp3) is 0. The number of benzene rings is 1. The van der Waals surface area contributed by atoms with Crippen LogP contribution in [0.15, 0.2) is 48.8 Å². The van der Waals surface area contributed by atoms with Crippen LogP contribution >= 0.6 is 31.9 Å². The minimum atomic E-state index is -3.99. The van der Waals surface area contributed by atoms with Gasteiger partial charge in [-0.25, -0.2) is 4.79 Å². The van der Waals surface area contributed by atoms with Crippen molar-refractivity contribution in [3.05, 3.63) is 45.0 Å². The monoisotopic (exact) mass is 423 g/mol. The van der Waals surface area contributed by atoms with Crippen LogP contribution in [-0.2, 0) is 10.0 Å². The van der Waals surface area contributed by atoms with Crippen LogP contribution in [0.2, 0.25) is 0 Å². The summed E-state index contributed by atoms with van der Waals surface area (Å²) in [5.41, 5.74) is 0.307. The standard InChI is InChI=1S/C11H7Br2NO5S/c12-6-1-2-8(7(13)5-6)14-20(17,18)10-4-3-9(19-10)11(15)16/h1-5,14H,(H,15,16). The number of carboxylic acid groups (broad SMARTS) is 1. The van der Waals surface area contributed by atoms with Crippen molar-refractivity contribution in [1.29, 1.82) is 0 Å². The van der Waals surface area contributed by atoms with E-state index in [0.717, 1.165) is 16.6 Å². The van der Waals surface area contributed by atoms with Crippen LogP contribution in [0.5, 0.6) is 0 Å². The molecule has 0 aliphatic rings. The van der Waals surface area contributed by atoms with Gasteiger partial charge in [-0.15, -0.1) is 0 Å². The molecule has 1 aromatic heterocycles. The van der Waals surface area contributed by atoms with E-state index in [1.807, 2.05) is 0 Å².